The van der Waals surface area contributed by atoms with Crippen LogP contribution in [-0.2, 0) is 15.6 Å². The van der Waals surface area contributed by atoms with E-state index in [1.165, 1.54) is 24.3 Å². The molecule has 1 atom stereocenters. The van der Waals surface area contributed by atoms with E-state index in [0.717, 1.165) is 5.56 Å². The summed E-state index contributed by atoms with van der Waals surface area (Å²) in [6.45, 7) is 0. The number of non-ortho nitro benzene ring substituents is 1. The van der Waals surface area contributed by atoms with Gasteiger partial charge in [0.15, 0.2) is 0 Å². The maximum Gasteiger partial charge on any atom is 0.269 e. The average Bonchev–Trinajstić information content (AvgIpc) is 2.48. The second-order valence-electron chi connectivity index (χ2n) is 4.22. The number of nitro benzene ring substituents is 1. The first-order chi connectivity index (χ1) is 9.91. The van der Waals surface area contributed by atoms with Crippen LogP contribution in [-0.4, -0.2) is 13.3 Å². The Morgan fingerprint density at radius 1 is 1.05 bits per heavy atom. The maximum atomic E-state index is 12.4. The van der Waals surface area contributed by atoms with Crippen LogP contribution >= 0.6 is 18.6 Å². The Morgan fingerprint density at radius 2 is 1.62 bits per heavy atom. The van der Waals surface area contributed by atoms with Gasteiger partial charge in [0.1, 0.15) is 0 Å². The van der Waals surface area contributed by atoms with E-state index in [9.17, 15) is 18.5 Å². The van der Waals surface area contributed by atoms with E-state index in [1.54, 1.807) is 0 Å². The first kappa shape index (κ1) is 15.9. The van der Waals surface area contributed by atoms with Gasteiger partial charge in [-0.25, -0.2) is 8.42 Å². The minimum atomic E-state index is -3.57. The minimum Gasteiger partial charge on any atom is -0.258 e. The predicted molar refractivity (Wildman–Crippen MR) is 86.3 cm³/mol. The quantitative estimate of drug-likeness (QED) is 0.388. The van der Waals surface area contributed by atoms with Gasteiger partial charge in [-0.15, -0.1) is 12.2 Å². The molecule has 0 saturated carbocycles. The van der Waals surface area contributed by atoms with Crippen LogP contribution in [0.3, 0.4) is 0 Å². The molecule has 0 fully saturated rings. The van der Waals surface area contributed by atoms with E-state index >= 15 is 0 Å². The summed E-state index contributed by atoms with van der Waals surface area (Å²) in [6, 6.07) is 14.1. The molecule has 8 heteroatoms. The highest BCUT2D eigenvalue weighted by atomic mass is 33.1. The molecule has 110 valence electrons. The number of hydrogen-bond acceptors (Lipinski definition) is 5. The Morgan fingerprint density at radius 3 is 2.14 bits per heavy atom. The summed E-state index contributed by atoms with van der Waals surface area (Å²) in [5.41, 5.74) is 0.754. The molecule has 0 bridgehead atoms. The SMILES string of the molecule is O=[N+]([O-])c1ccc(S(=O)(=O)P(S)Cc2ccccc2)cc1. The first-order valence-corrected chi connectivity index (χ1v) is 10.7. The molecule has 0 N–H and O–H groups in total. The number of nitrogens with zero attached hydrogens (tertiary/aromatic N) is 1. The zero-order valence-electron chi connectivity index (χ0n) is 10.8. The summed E-state index contributed by atoms with van der Waals surface area (Å²) in [5.74, 6) is 0. The number of rotatable bonds is 5. The smallest absolute Gasteiger partial charge is 0.258 e. The van der Waals surface area contributed by atoms with Gasteiger partial charge >= 0.3 is 0 Å². The molecule has 0 aliphatic heterocycles. The van der Waals surface area contributed by atoms with E-state index in [0.29, 0.717) is 6.16 Å². The van der Waals surface area contributed by atoms with Crippen molar-refractivity contribution in [3.63, 3.8) is 0 Å². The molecular formula is C13H12NO4PS2. The molecule has 21 heavy (non-hydrogen) atoms. The zero-order chi connectivity index (χ0) is 15.5. The van der Waals surface area contributed by atoms with Crippen LogP contribution in [0, 0.1) is 10.1 Å². The van der Waals surface area contributed by atoms with E-state index < -0.39 is 20.7 Å². The molecule has 0 aromatic heterocycles. The Balaban J connectivity index is 2.22. The highest BCUT2D eigenvalue weighted by Crippen LogP contribution is 2.53. The maximum absolute atomic E-state index is 12.4. The third-order valence-electron chi connectivity index (χ3n) is 2.78. The Bertz CT molecular complexity index is 733. The fourth-order valence-electron chi connectivity index (χ4n) is 1.69. The molecule has 0 radical (unpaired) electrons. The predicted octanol–water partition coefficient (Wildman–Crippen LogP) is 3.81. The second-order valence-corrected chi connectivity index (χ2v) is 11.7. The molecule has 2 rings (SSSR count). The summed E-state index contributed by atoms with van der Waals surface area (Å²) in [6.07, 6.45) is -1.27. The average molecular weight is 341 g/mol. The molecule has 5 nitrogen and oxygen atoms in total. The lowest BCUT2D eigenvalue weighted by atomic mass is 10.2. The van der Waals surface area contributed by atoms with Crippen LogP contribution in [0.5, 0.6) is 0 Å². The van der Waals surface area contributed by atoms with E-state index in [4.69, 9.17) is 0 Å². The zero-order valence-corrected chi connectivity index (χ0v) is 13.4. The fraction of sp³-hybridized carbons (Fsp3) is 0.0769. The first-order valence-electron chi connectivity index (χ1n) is 5.91. The highest BCUT2D eigenvalue weighted by Gasteiger charge is 2.25. The molecule has 0 amide bonds. The number of thiol groups is 1. The Labute approximate surface area is 128 Å². The van der Waals surface area contributed by atoms with Gasteiger partial charge in [-0.3, -0.25) is 10.1 Å². The van der Waals surface area contributed by atoms with Crippen molar-refractivity contribution in [1.82, 2.24) is 0 Å². The van der Waals surface area contributed by atoms with Gasteiger partial charge in [0, 0.05) is 18.3 Å². The van der Waals surface area contributed by atoms with Crippen molar-refractivity contribution in [2.24, 2.45) is 0 Å². The molecule has 2 aromatic carbocycles. The van der Waals surface area contributed by atoms with Crippen LogP contribution in [0.1, 0.15) is 5.56 Å². The monoisotopic (exact) mass is 341 g/mol. The largest absolute Gasteiger partial charge is 0.269 e. The van der Waals surface area contributed by atoms with Gasteiger partial charge in [0.25, 0.3) is 5.69 Å². The van der Waals surface area contributed by atoms with Crippen LogP contribution in [0.25, 0.3) is 0 Å². The lowest BCUT2D eigenvalue weighted by molar-refractivity contribution is -0.384. The van der Waals surface area contributed by atoms with Gasteiger partial charge in [0.2, 0.25) is 9.46 Å². The van der Waals surface area contributed by atoms with Crippen molar-refractivity contribution in [2.75, 3.05) is 0 Å². The van der Waals surface area contributed by atoms with Crippen LogP contribution in [0.15, 0.2) is 59.5 Å². The Hall–Kier alpha value is -1.43. The van der Waals surface area contributed by atoms with Gasteiger partial charge in [-0.1, -0.05) is 30.3 Å². The van der Waals surface area contributed by atoms with E-state index in [2.05, 4.69) is 12.2 Å². The summed E-state index contributed by atoms with van der Waals surface area (Å²) in [7, 11) is -3.57. The highest BCUT2D eigenvalue weighted by molar-refractivity contribution is 8.80. The van der Waals surface area contributed by atoms with Gasteiger partial charge in [-0.05, 0) is 17.7 Å². The van der Waals surface area contributed by atoms with E-state index in [-0.39, 0.29) is 10.6 Å². The van der Waals surface area contributed by atoms with Crippen LogP contribution < -0.4 is 0 Å². The number of nitro groups is 1. The molecule has 0 saturated heterocycles. The summed E-state index contributed by atoms with van der Waals surface area (Å²) in [4.78, 5) is 10.1. The summed E-state index contributed by atoms with van der Waals surface area (Å²) in [5, 5.41) is 10.6. The number of hydrogen-bond donors (Lipinski definition) is 1. The fourth-order valence-corrected chi connectivity index (χ4v) is 6.49. The molecule has 0 spiro atoms. The van der Waals surface area contributed by atoms with Crippen molar-refractivity contribution >= 4 is 33.7 Å². The molecule has 0 heterocycles. The van der Waals surface area contributed by atoms with Crippen molar-refractivity contribution in [1.29, 1.82) is 0 Å². The topological polar surface area (TPSA) is 77.3 Å². The normalized spacial score (nSPS) is 12.8. The molecule has 2 aromatic rings. The Kier molecular flexibility index (Phi) is 4.98. The van der Waals surface area contributed by atoms with Gasteiger partial charge in [-0.2, -0.15) is 0 Å². The van der Waals surface area contributed by atoms with Crippen molar-refractivity contribution in [3.05, 3.63) is 70.3 Å². The molecular weight excluding hydrogens is 329 g/mol. The summed E-state index contributed by atoms with van der Waals surface area (Å²) >= 11 is 4.24. The van der Waals surface area contributed by atoms with E-state index in [1.807, 2.05) is 30.3 Å². The van der Waals surface area contributed by atoms with Crippen molar-refractivity contribution < 1.29 is 13.3 Å². The third kappa shape index (κ3) is 3.81. The standard InChI is InChI=1S/C13H12NO4PS2/c15-14(16)12-6-8-13(9-7-12)21(17,18)19(20)10-11-4-2-1-3-5-11/h1-9,20H,10H2. The summed E-state index contributed by atoms with van der Waals surface area (Å²) < 4.78 is 24.8. The van der Waals surface area contributed by atoms with Crippen molar-refractivity contribution in [2.45, 2.75) is 11.1 Å². The molecule has 0 aliphatic carbocycles. The minimum absolute atomic E-state index is 0.0603. The van der Waals surface area contributed by atoms with Crippen LogP contribution in [0.2, 0.25) is 0 Å². The van der Waals surface area contributed by atoms with Crippen molar-refractivity contribution in [3.8, 4) is 0 Å². The molecule has 1 unspecified atom stereocenters. The lowest BCUT2D eigenvalue weighted by Gasteiger charge is -2.12. The third-order valence-corrected chi connectivity index (χ3v) is 9.89. The lowest BCUT2D eigenvalue weighted by Crippen LogP contribution is -1.98. The van der Waals surface area contributed by atoms with Gasteiger partial charge in [0.05, 0.1) is 16.1 Å². The molecule has 0 aliphatic rings. The van der Waals surface area contributed by atoms with Crippen LogP contribution in [0.4, 0.5) is 5.69 Å². The second kappa shape index (κ2) is 6.56. The number of benzene rings is 2. The van der Waals surface area contributed by atoms with Gasteiger partial charge < -0.3 is 0 Å².